The lowest BCUT2D eigenvalue weighted by Crippen LogP contribution is -2.27. The van der Waals surface area contributed by atoms with E-state index in [2.05, 4.69) is 0 Å². The van der Waals surface area contributed by atoms with Crippen molar-refractivity contribution in [1.82, 2.24) is 4.90 Å². The molecule has 36 heavy (non-hydrogen) atoms. The monoisotopic (exact) mass is 527 g/mol. The van der Waals surface area contributed by atoms with Crippen molar-refractivity contribution in [2.45, 2.75) is 13.5 Å². The van der Waals surface area contributed by atoms with E-state index in [1.807, 2.05) is 31.2 Å². The van der Waals surface area contributed by atoms with Crippen LogP contribution in [0.25, 0.3) is 6.08 Å². The molecule has 0 aliphatic carbocycles. The third-order valence-corrected chi connectivity index (χ3v) is 6.59. The predicted molar refractivity (Wildman–Crippen MR) is 138 cm³/mol. The van der Waals surface area contributed by atoms with Crippen LogP contribution in [0.4, 0.5) is 9.18 Å². The molecule has 1 aliphatic heterocycles. The highest BCUT2D eigenvalue weighted by Gasteiger charge is 2.35. The maximum absolute atomic E-state index is 13.3. The molecule has 0 radical (unpaired) electrons. The largest absolute Gasteiger partial charge is 0.493 e. The van der Waals surface area contributed by atoms with Gasteiger partial charge in [0.2, 0.25) is 0 Å². The van der Waals surface area contributed by atoms with Crippen molar-refractivity contribution in [3.8, 4) is 17.2 Å². The Labute approximate surface area is 217 Å². The summed E-state index contributed by atoms with van der Waals surface area (Å²) in [6.45, 7) is 2.65. The number of halogens is 2. The molecule has 0 N–H and O–H groups in total. The van der Waals surface area contributed by atoms with Crippen LogP contribution in [0.5, 0.6) is 17.2 Å². The summed E-state index contributed by atoms with van der Waals surface area (Å²) in [6.07, 6.45) is 1.62. The summed E-state index contributed by atoms with van der Waals surface area (Å²) < 4.78 is 30.2. The fraction of sp³-hybridized carbons (Fsp3) is 0.185. The molecule has 9 heteroatoms. The Morgan fingerprint density at radius 1 is 0.972 bits per heavy atom. The van der Waals surface area contributed by atoms with Crippen molar-refractivity contribution in [1.29, 1.82) is 0 Å². The average Bonchev–Trinajstić information content (AvgIpc) is 3.12. The fourth-order valence-electron chi connectivity index (χ4n) is 3.45. The molecule has 1 fully saturated rings. The molecule has 0 saturated carbocycles. The molecule has 2 amide bonds. The molecule has 6 nitrogen and oxygen atoms in total. The maximum atomic E-state index is 13.3. The van der Waals surface area contributed by atoms with Gasteiger partial charge in [-0.2, -0.15) is 0 Å². The Morgan fingerprint density at radius 3 is 2.44 bits per heavy atom. The van der Waals surface area contributed by atoms with E-state index >= 15 is 0 Å². The summed E-state index contributed by atoms with van der Waals surface area (Å²) in [5, 5.41) is -0.269. The van der Waals surface area contributed by atoms with Crippen LogP contribution in [0.3, 0.4) is 0 Å². The zero-order chi connectivity index (χ0) is 25.7. The number of hydrogen-bond acceptors (Lipinski definition) is 6. The van der Waals surface area contributed by atoms with Crippen LogP contribution in [0.1, 0.15) is 16.7 Å². The number of nitrogens with zero attached hydrogens (tertiary/aromatic N) is 1. The van der Waals surface area contributed by atoms with Crippen LogP contribution in [0.2, 0.25) is 5.02 Å². The van der Waals surface area contributed by atoms with Gasteiger partial charge in [-0.25, -0.2) is 4.39 Å². The van der Waals surface area contributed by atoms with Crippen molar-refractivity contribution in [2.24, 2.45) is 0 Å². The quantitative estimate of drug-likeness (QED) is 0.234. The van der Waals surface area contributed by atoms with E-state index in [9.17, 15) is 14.0 Å². The Morgan fingerprint density at radius 2 is 1.72 bits per heavy atom. The molecule has 1 heterocycles. The van der Waals surface area contributed by atoms with E-state index in [0.717, 1.165) is 34.0 Å². The lowest BCUT2D eigenvalue weighted by molar-refractivity contribution is -0.123. The van der Waals surface area contributed by atoms with Gasteiger partial charge in [-0.15, -0.1) is 0 Å². The van der Waals surface area contributed by atoms with Crippen LogP contribution in [-0.2, 0) is 11.3 Å². The molecule has 186 valence electrons. The van der Waals surface area contributed by atoms with Crippen molar-refractivity contribution in [3.05, 3.63) is 93.1 Å². The molecule has 4 rings (SSSR count). The number of hydrogen-bond donors (Lipinski definition) is 0. The average molecular weight is 528 g/mol. The first-order valence-electron chi connectivity index (χ1n) is 11.0. The zero-order valence-electron chi connectivity index (χ0n) is 19.6. The zero-order valence-corrected chi connectivity index (χ0v) is 21.2. The molecular formula is C27H23ClFNO5S. The van der Waals surface area contributed by atoms with Gasteiger partial charge >= 0.3 is 0 Å². The van der Waals surface area contributed by atoms with E-state index in [-0.39, 0.29) is 16.5 Å². The van der Waals surface area contributed by atoms with Gasteiger partial charge in [-0.05, 0) is 72.3 Å². The van der Waals surface area contributed by atoms with E-state index in [1.54, 1.807) is 24.3 Å². The number of aryl methyl sites for hydroxylation is 1. The number of thioether (sulfide) groups is 1. The van der Waals surface area contributed by atoms with E-state index in [4.69, 9.17) is 25.8 Å². The van der Waals surface area contributed by atoms with Gasteiger partial charge < -0.3 is 14.2 Å². The third kappa shape index (κ3) is 6.19. The highest BCUT2D eigenvalue weighted by Crippen LogP contribution is 2.36. The van der Waals surface area contributed by atoms with Crippen molar-refractivity contribution in [2.75, 3.05) is 20.3 Å². The van der Waals surface area contributed by atoms with Gasteiger partial charge in [0.05, 0.1) is 18.6 Å². The van der Waals surface area contributed by atoms with Crippen LogP contribution >= 0.6 is 23.4 Å². The highest BCUT2D eigenvalue weighted by atomic mass is 35.5. The van der Waals surface area contributed by atoms with Crippen molar-refractivity contribution >= 4 is 40.6 Å². The fourth-order valence-corrected chi connectivity index (χ4v) is 4.51. The van der Waals surface area contributed by atoms with Gasteiger partial charge in [0.15, 0.2) is 11.5 Å². The minimum absolute atomic E-state index is 0.0398. The molecule has 3 aromatic rings. The molecule has 0 unspecified atom stereocenters. The SMILES string of the molecule is COc1cc(/C=C2\SC(=O)N(Cc3ccc(F)cc3Cl)C2=O)ccc1OCCOc1ccc(C)cc1. The normalized spacial score (nSPS) is 14.4. The van der Waals surface area contributed by atoms with Crippen molar-refractivity contribution < 1.29 is 28.2 Å². The molecule has 0 spiro atoms. The Hall–Kier alpha value is -3.49. The summed E-state index contributed by atoms with van der Waals surface area (Å²) in [5.74, 6) is 0.843. The van der Waals surface area contributed by atoms with Gasteiger partial charge in [0, 0.05) is 5.02 Å². The second kappa shape index (κ2) is 11.5. The lowest BCUT2D eigenvalue weighted by atomic mass is 10.1. The molecule has 1 aliphatic rings. The molecule has 0 atom stereocenters. The van der Waals surface area contributed by atoms with Crippen LogP contribution < -0.4 is 14.2 Å². The van der Waals surface area contributed by atoms with Gasteiger partial charge in [-0.1, -0.05) is 41.4 Å². The van der Waals surface area contributed by atoms with Crippen LogP contribution in [0.15, 0.2) is 65.6 Å². The Bertz CT molecular complexity index is 1310. The molecule has 3 aromatic carbocycles. The number of methoxy groups -OCH3 is 1. The summed E-state index contributed by atoms with van der Waals surface area (Å²) in [4.78, 5) is 26.7. The summed E-state index contributed by atoms with van der Waals surface area (Å²) >= 11 is 6.89. The predicted octanol–water partition coefficient (Wildman–Crippen LogP) is 6.49. The standard InChI is InChI=1S/C27H23ClFNO5S/c1-17-3-8-21(9-4-17)34-11-12-35-23-10-5-18(13-24(23)33-2)14-25-26(31)30(27(32)36-25)16-19-6-7-20(29)15-22(19)28/h3-10,13-15H,11-12,16H2,1-2H3/b25-14-. The first kappa shape index (κ1) is 25.6. The van der Waals surface area contributed by atoms with E-state index < -0.39 is 17.0 Å². The molecule has 0 aromatic heterocycles. The second-order valence-electron chi connectivity index (χ2n) is 7.92. The molecular weight excluding hydrogens is 505 g/mol. The molecule has 0 bridgehead atoms. The minimum atomic E-state index is -0.488. The minimum Gasteiger partial charge on any atom is -0.493 e. The summed E-state index contributed by atoms with van der Waals surface area (Å²) in [7, 11) is 1.52. The number of imide groups is 1. The Balaban J connectivity index is 1.39. The lowest BCUT2D eigenvalue weighted by Gasteiger charge is -2.13. The first-order chi connectivity index (χ1) is 17.3. The highest BCUT2D eigenvalue weighted by molar-refractivity contribution is 8.18. The number of carbonyl (C=O) groups excluding carboxylic acids is 2. The Kier molecular flexibility index (Phi) is 8.18. The van der Waals surface area contributed by atoms with E-state index in [0.29, 0.717) is 35.8 Å². The van der Waals surface area contributed by atoms with Gasteiger partial charge in [0.1, 0.15) is 24.8 Å². The van der Waals surface area contributed by atoms with Gasteiger partial charge in [0.25, 0.3) is 11.1 Å². The smallest absolute Gasteiger partial charge is 0.293 e. The van der Waals surface area contributed by atoms with Crippen LogP contribution in [0, 0.1) is 12.7 Å². The van der Waals surface area contributed by atoms with Crippen LogP contribution in [-0.4, -0.2) is 36.4 Å². The number of benzene rings is 3. The summed E-state index contributed by atoms with van der Waals surface area (Å²) in [5.41, 5.74) is 2.31. The second-order valence-corrected chi connectivity index (χ2v) is 9.32. The number of carbonyl (C=O) groups is 2. The maximum Gasteiger partial charge on any atom is 0.293 e. The topological polar surface area (TPSA) is 65.1 Å². The molecule has 1 saturated heterocycles. The first-order valence-corrected chi connectivity index (χ1v) is 12.2. The van der Waals surface area contributed by atoms with E-state index in [1.165, 1.54) is 19.2 Å². The van der Waals surface area contributed by atoms with Crippen molar-refractivity contribution in [3.63, 3.8) is 0 Å². The summed E-state index contributed by atoms with van der Waals surface area (Å²) in [6, 6.07) is 16.8. The number of ether oxygens (including phenoxy) is 3. The van der Waals surface area contributed by atoms with Gasteiger partial charge in [-0.3, -0.25) is 14.5 Å². The third-order valence-electron chi connectivity index (χ3n) is 5.33. The number of amides is 2. The number of rotatable bonds is 9.